The molecular formula is C19H23ClN2O4. The van der Waals surface area contributed by atoms with E-state index in [9.17, 15) is 9.59 Å². The normalized spacial score (nSPS) is 12.5. The van der Waals surface area contributed by atoms with E-state index in [1.807, 2.05) is 6.07 Å². The number of pyridine rings is 1. The SMILES string of the molecule is CCOC(=O)c1cc2cccc(Cl)c2nc1C(C)NC(=O)OC(C)(C)C. The monoisotopic (exact) mass is 378 g/mol. The van der Waals surface area contributed by atoms with E-state index in [4.69, 9.17) is 21.1 Å². The van der Waals surface area contributed by atoms with Crippen LogP contribution in [0.5, 0.6) is 0 Å². The number of halogens is 1. The first-order valence-corrected chi connectivity index (χ1v) is 8.76. The Morgan fingerprint density at radius 2 is 2.00 bits per heavy atom. The van der Waals surface area contributed by atoms with Crippen molar-refractivity contribution >= 4 is 34.6 Å². The van der Waals surface area contributed by atoms with Crippen LogP contribution in [0.3, 0.4) is 0 Å². The number of nitrogens with one attached hydrogen (secondary N) is 1. The number of hydrogen-bond donors (Lipinski definition) is 1. The molecule has 1 amide bonds. The van der Waals surface area contributed by atoms with Gasteiger partial charge in [-0.25, -0.2) is 14.6 Å². The molecule has 1 heterocycles. The third kappa shape index (κ3) is 4.85. The van der Waals surface area contributed by atoms with Gasteiger partial charge in [0.25, 0.3) is 0 Å². The molecule has 0 saturated carbocycles. The molecule has 1 atom stereocenters. The summed E-state index contributed by atoms with van der Waals surface area (Å²) in [5.41, 5.74) is 0.573. The van der Waals surface area contributed by atoms with E-state index in [1.165, 1.54) is 0 Å². The molecule has 0 aliphatic heterocycles. The minimum absolute atomic E-state index is 0.236. The first-order valence-electron chi connectivity index (χ1n) is 8.38. The van der Waals surface area contributed by atoms with Crippen molar-refractivity contribution in [2.45, 2.75) is 46.3 Å². The second-order valence-corrected chi connectivity index (χ2v) is 7.23. The Labute approximate surface area is 157 Å². The van der Waals surface area contributed by atoms with Gasteiger partial charge in [-0.1, -0.05) is 23.7 Å². The van der Waals surface area contributed by atoms with Gasteiger partial charge in [0.2, 0.25) is 0 Å². The summed E-state index contributed by atoms with van der Waals surface area (Å²) in [6, 6.07) is 6.41. The summed E-state index contributed by atoms with van der Waals surface area (Å²) in [7, 11) is 0. The van der Waals surface area contributed by atoms with Gasteiger partial charge in [0.15, 0.2) is 0 Å². The zero-order chi connectivity index (χ0) is 19.5. The molecule has 1 aromatic heterocycles. The van der Waals surface area contributed by atoms with Crippen LogP contribution in [0.4, 0.5) is 4.79 Å². The zero-order valence-electron chi connectivity index (χ0n) is 15.6. The lowest BCUT2D eigenvalue weighted by atomic mass is 10.0. The molecule has 1 unspecified atom stereocenters. The van der Waals surface area contributed by atoms with Gasteiger partial charge in [-0.3, -0.25) is 0 Å². The number of aromatic nitrogens is 1. The first kappa shape index (κ1) is 20.0. The summed E-state index contributed by atoms with van der Waals surface area (Å²) in [5.74, 6) is -0.505. The van der Waals surface area contributed by atoms with Crippen molar-refractivity contribution in [3.63, 3.8) is 0 Å². The molecule has 1 aromatic carbocycles. The van der Waals surface area contributed by atoms with E-state index in [0.717, 1.165) is 0 Å². The minimum atomic E-state index is -0.631. The highest BCUT2D eigenvalue weighted by Crippen LogP contribution is 2.27. The van der Waals surface area contributed by atoms with E-state index in [-0.39, 0.29) is 12.2 Å². The average molecular weight is 379 g/mol. The number of amides is 1. The summed E-state index contributed by atoms with van der Waals surface area (Å²) in [5, 5.41) is 3.88. The highest BCUT2D eigenvalue weighted by Gasteiger charge is 2.24. The van der Waals surface area contributed by atoms with Crippen LogP contribution < -0.4 is 5.32 Å². The maximum atomic E-state index is 12.4. The van der Waals surface area contributed by atoms with E-state index < -0.39 is 23.7 Å². The highest BCUT2D eigenvalue weighted by molar-refractivity contribution is 6.35. The minimum Gasteiger partial charge on any atom is -0.462 e. The number of ether oxygens (including phenoxy) is 2. The molecule has 6 nitrogen and oxygen atoms in total. The maximum absolute atomic E-state index is 12.4. The summed E-state index contributed by atoms with van der Waals surface area (Å²) >= 11 is 6.23. The van der Waals surface area contributed by atoms with Gasteiger partial charge >= 0.3 is 12.1 Å². The van der Waals surface area contributed by atoms with Crippen LogP contribution in [-0.4, -0.2) is 29.3 Å². The molecule has 2 rings (SSSR count). The van der Waals surface area contributed by atoms with E-state index in [2.05, 4.69) is 10.3 Å². The van der Waals surface area contributed by atoms with Crippen LogP contribution in [0, 0.1) is 0 Å². The van der Waals surface area contributed by atoms with Crippen molar-refractivity contribution in [2.24, 2.45) is 0 Å². The molecule has 0 saturated heterocycles. The van der Waals surface area contributed by atoms with Gasteiger partial charge in [-0.15, -0.1) is 0 Å². The van der Waals surface area contributed by atoms with Crippen LogP contribution in [0.25, 0.3) is 10.9 Å². The number of para-hydroxylation sites is 1. The van der Waals surface area contributed by atoms with Crippen LogP contribution in [0.15, 0.2) is 24.3 Å². The number of fused-ring (bicyclic) bond motifs is 1. The Morgan fingerprint density at radius 3 is 2.62 bits per heavy atom. The summed E-state index contributed by atoms with van der Waals surface area (Å²) in [6.07, 6.45) is -0.596. The quantitative estimate of drug-likeness (QED) is 0.783. The van der Waals surface area contributed by atoms with Gasteiger partial charge in [0.05, 0.1) is 34.4 Å². The maximum Gasteiger partial charge on any atom is 0.408 e. The van der Waals surface area contributed by atoms with Crippen LogP contribution in [0.2, 0.25) is 5.02 Å². The molecule has 0 bridgehead atoms. The smallest absolute Gasteiger partial charge is 0.408 e. The van der Waals surface area contributed by atoms with Gasteiger partial charge in [-0.2, -0.15) is 0 Å². The number of alkyl carbamates (subject to hydrolysis) is 1. The average Bonchev–Trinajstić information content (AvgIpc) is 2.52. The van der Waals surface area contributed by atoms with Gasteiger partial charge < -0.3 is 14.8 Å². The lowest BCUT2D eigenvalue weighted by molar-refractivity contribution is 0.0488. The molecule has 1 N–H and O–H groups in total. The van der Waals surface area contributed by atoms with Crippen molar-refractivity contribution in [3.05, 3.63) is 40.5 Å². The predicted octanol–water partition coefficient (Wildman–Crippen LogP) is 4.65. The number of benzene rings is 1. The molecule has 0 aliphatic carbocycles. The molecule has 0 radical (unpaired) electrons. The fourth-order valence-corrected chi connectivity index (χ4v) is 2.66. The third-order valence-electron chi connectivity index (χ3n) is 3.46. The molecule has 7 heteroatoms. The number of carbonyl (C=O) groups is 2. The van der Waals surface area contributed by atoms with Gasteiger partial charge in [-0.05, 0) is 46.8 Å². The van der Waals surface area contributed by atoms with E-state index in [1.54, 1.807) is 52.8 Å². The Kier molecular flexibility index (Phi) is 6.08. The van der Waals surface area contributed by atoms with Gasteiger partial charge in [0.1, 0.15) is 5.60 Å². The van der Waals surface area contributed by atoms with E-state index in [0.29, 0.717) is 21.6 Å². The van der Waals surface area contributed by atoms with Crippen molar-refractivity contribution in [2.75, 3.05) is 6.61 Å². The molecule has 0 fully saturated rings. The van der Waals surface area contributed by atoms with Crippen LogP contribution in [0.1, 0.15) is 56.7 Å². The number of esters is 1. The zero-order valence-corrected chi connectivity index (χ0v) is 16.3. The molecular weight excluding hydrogens is 356 g/mol. The molecule has 26 heavy (non-hydrogen) atoms. The Morgan fingerprint density at radius 1 is 1.31 bits per heavy atom. The molecule has 2 aromatic rings. The second-order valence-electron chi connectivity index (χ2n) is 6.82. The van der Waals surface area contributed by atoms with Crippen LogP contribution in [-0.2, 0) is 9.47 Å². The molecule has 0 aliphatic rings. The van der Waals surface area contributed by atoms with Crippen molar-refractivity contribution in [1.29, 1.82) is 0 Å². The molecule has 140 valence electrons. The number of rotatable bonds is 4. The highest BCUT2D eigenvalue weighted by atomic mass is 35.5. The van der Waals surface area contributed by atoms with Gasteiger partial charge in [0, 0.05) is 5.39 Å². The van der Waals surface area contributed by atoms with Crippen molar-refractivity contribution in [3.8, 4) is 0 Å². The summed E-state index contributed by atoms with van der Waals surface area (Å²) in [4.78, 5) is 29.0. The lowest BCUT2D eigenvalue weighted by Crippen LogP contribution is -2.35. The second kappa shape index (κ2) is 7.91. The fraction of sp³-hybridized carbons (Fsp3) is 0.421. The predicted molar refractivity (Wildman–Crippen MR) is 100 cm³/mol. The summed E-state index contributed by atoms with van der Waals surface area (Å²) in [6.45, 7) is 9.00. The molecule has 0 spiro atoms. The number of carbonyl (C=O) groups excluding carboxylic acids is 2. The Hall–Kier alpha value is -2.34. The first-order chi connectivity index (χ1) is 12.1. The number of hydrogen-bond acceptors (Lipinski definition) is 5. The fourth-order valence-electron chi connectivity index (χ4n) is 2.43. The Balaban J connectivity index is 2.45. The number of nitrogens with zero attached hydrogens (tertiary/aromatic N) is 1. The van der Waals surface area contributed by atoms with Crippen molar-refractivity contribution < 1.29 is 19.1 Å². The largest absolute Gasteiger partial charge is 0.462 e. The van der Waals surface area contributed by atoms with E-state index >= 15 is 0 Å². The summed E-state index contributed by atoms with van der Waals surface area (Å²) < 4.78 is 10.4. The third-order valence-corrected chi connectivity index (χ3v) is 3.77. The standard InChI is InChI=1S/C19H23ClN2O4/c1-6-25-17(23)13-10-12-8-7-9-14(20)16(12)22-15(13)11(2)21-18(24)26-19(3,4)5/h7-11H,6H2,1-5H3,(H,21,24). The van der Waals surface area contributed by atoms with Crippen LogP contribution >= 0.6 is 11.6 Å². The topological polar surface area (TPSA) is 77.5 Å². The lowest BCUT2D eigenvalue weighted by Gasteiger charge is -2.22. The van der Waals surface area contributed by atoms with Crippen molar-refractivity contribution in [1.82, 2.24) is 10.3 Å². The Bertz CT molecular complexity index is 830.